The number of hydrogen-bond donors (Lipinski definition) is 1. The summed E-state index contributed by atoms with van der Waals surface area (Å²) in [6.45, 7) is 1.98. The third-order valence-electron chi connectivity index (χ3n) is 4.74. The number of anilines is 1. The van der Waals surface area contributed by atoms with Crippen LogP contribution in [0.2, 0.25) is 5.02 Å². The fourth-order valence-corrected chi connectivity index (χ4v) is 3.46. The summed E-state index contributed by atoms with van der Waals surface area (Å²) in [6.07, 6.45) is 5.37. The minimum absolute atomic E-state index is 0.0879. The second kappa shape index (κ2) is 8.54. The van der Waals surface area contributed by atoms with Gasteiger partial charge in [-0.2, -0.15) is 0 Å². The summed E-state index contributed by atoms with van der Waals surface area (Å²) in [5.74, 6) is 0.576. The molecule has 1 aliphatic rings. The molecule has 1 saturated heterocycles. The Balaban J connectivity index is 1.52. The van der Waals surface area contributed by atoms with Crippen molar-refractivity contribution < 1.29 is 4.74 Å². The molecule has 28 heavy (non-hydrogen) atoms. The first-order valence-corrected chi connectivity index (χ1v) is 9.68. The van der Waals surface area contributed by atoms with Crippen molar-refractivity contribution in [2.24, 2.45) is 0 Å². The summed E-state index contributed by atoms with van der Waals surface area (Å²) >= 11 is 6.03. The molecule has 3 aromatic rings. The second-order valence-electron chi connectivity index (χ2n) is 6.81. The van der Waals surface area contributed by atoms with Crippen LogP contribution in [-0.2, 0) is 11.3 Å². The average Bonchev–Trinajstić information content (AvgIpc) is 2.71. The van der Waals surface area contributed by atoms with Crippen molar-refractivity contribution in [1.29, 1.82) is 0 Å². The van der Waals surface area contributed by atoms with Crippen LogP contribution in [0.3, 0.4) is 0 Å². The highest BCUT2D eigenvalue weighted by molar-refractivity contribution is 6.30. The van der Waals surface area contributed by atoms with Gasteiger partial charge in [0.2, 0.25) is 5.95 Å². The normalized spacial score (nSPS) is 14.8. The van der Waals surface area contributed by atoms with Crippen molar-refractivity contribution in [1.82, 2.24) is 14.5 Å². The van der Waals surface area contributed by atoms with E-state index in [4.69, 9.17) is 16.3 Å². The van der Waals surface area contributed by atoms with Gasteiger partial charge in [-0.3, -0.25) is 4.79 Å². The Bertz CT molecular complexity index is 1020. The molecule has 0 unspecified atom stereocenters. The molecular weight excluding hydrogens is 376 g/mol. The topological polar surface area (TPSA) is 69.0 Å². The van der Waals surface area contributed by atoms with Crippen LogP contribution in [0.25, 0.3) is 11.3 Å². The van der Waals surface area contributed by atoms with Gasteiger partial charge in [0.1, 0.15) is 0 Å². The first-order valence-electron chi connectivity index (χ1n) is 9.30. The minimum Gasteiger partial charge on any atom is -0.381 e. The lowest BCUT2D eigenvalue weighted by Gasteiger charge is -2.23. The predicted octanol–water partition coefficient (Wildman–Crippen LogP) is 3.60. The van der Waals surface area contributed by atoms with E-state index in [2.05, 4.69) is 15.3 Å². The molecule has 0 amide bonds. The number of nitrogens with zero attached hydrogens (tertiary/aromatic N) is 3. The SMILES string of the molecule is O=c1cc(-c2ccnc(NC3CCOCC3)n2)ccn1Cc1cccc(Cl)c1. The zero-order valence-electron chi connectivity index (χ0n) is 15.3. The Morgan fingerprint density at radius 1 is 1.18 bits per heavy atom. The zero-order chi connectivity index (χ0) is 19.3. The molecule has 0 aliphatic carbocycles. The Labute approximate surface area is 168 Å². The van der Waals surface area contributed by atoms with Crippen LogP contribution < -0.4 is 10.9 Å². The molecule has 6 nitrogen and oxygen atoms in total. The Kier molecular flexibility index (Phi) is 5.69. The van der Waals surface area contributed by atoms with E-state index in [1.54, 1.807) is 23.0 Å². The molecule has 0 radical (unpaired) electrons. The molecule has 2 aromatic heterocycles. The summed E-state index contributed by atoms with van der Waals surface area (Å²) in [7, 11) is 0. The van der Waals surface area contributed by atoms with Gasteiger partial charge in [-0.1, -0.05) is 23.7 Å². The van der Waals surface area contributed by atoms with Crippen LogP contribution in [0.1, 0.15) is 18.4 Å². The molecule has 1 aliphatic heterocycles. The van der Waals surface area contributed by atoms with Gasteiger partial charge in [-0.15, -0.1) is 0 Å². The van der Waals surface area contributed by atoms with Crippen molar-refractivity contribution >= 4 is 17.5 Å². The number of ether oxygens (including phenoxy) is 1. The third kappa shape index (κ3) is 4.58. The van der Waals surface area contributed by atoms with Crippen molar-refractivity contribution in [2.75, 3.05) is 18.5 Å². The zero-order valence-corrected chi connectivity index (χ0v) is 16.1. The summed E-state index contributed by atoms with van der Waals surface area (Å²) in [5.41, 5.74) is 2.38. The smallest absolute Gasteiger partial charge is 0.251 e. The minimum atomic E-state index is -0.0879. The standard InChI is InChI=1S/C21H21ClN4O2/c22-17-3-1-2-15(12-17)14-26-9-5-16(13-20(26)27)19-4-8-23-21(25-19)24-18-6-10-28-11-7-18/h1-5,8-9,12-13,18H,6-7,10-11,14H2,(H,23,24,25). The van der Waals surface area contributed by atoms with Gasteiger partial charge in [0, 0.05) is 48.3 Å². The van der Waals surface area contributed by atoms with E-state index < -0.39 is 0 Å². The molecule has 3 heterocycles. The van der Waals surface area contributed by atoms with Crippen molar-refractivity contribution in [3.05, 3.63) is 75.8 Å². The predicted molar refractivity (Wildman–Crippen MR) is 110 cm³/mol. The van der Waals surface area contributed by atoms with E-state index in [0.29, 0.717) is 23.6 Å². The van der Waals surface area contributed by atoms with E-state index in [0.717, 1.165) is 42.9 Å². The first kappa shape index (κ1) is 18.7. The Hall–Kier alpha value is -2.70. The molecule has 0 bridgehead atoms. The molecule has 0 atom stereocenters. The quantitative estimate of drug-likeness (QED) is 0.713. The number of nitrogens with one attached hydrogen (secondary N) is 1. The first-order chi connectivity index (χ1) is 13.7. The summed E-state index contributed by atoms with van der Waals surface area (Å²) in [5, 5.41) is 4.02. The Morgan fingerprint density at radius 2 is 2.04 bits per heavy atom. The van der Waals surface area contributed by atoms with E-state index in [9.17, 15) is 4.79 Å². The number of benzene rings is 1. The highest BCUT2D eigenvalue weighted by Gasteiger charge is 2.15. The molecule has 144 valence electrons. The molecule has 0 spiro atoms. The highest BCUT2D eigenvalue weighted by atomic mass is 35.5. The summed E-state index contributed by atoms with van der Waals surface area (Å²) < 4.78 is 7.03. The largest absolute Gasteiger partial charge is 0.381 e. The summed E-state index contributed by atoms with van der Waals surface area (Å²) in [4.78, 5) is 21.4. The van der Waals surface area contributed by atoms with E-state index in [-0.39, 0.29) is 5.56 Å². The van der Waals surface area contributed by atoms with E-state index in [1.807, 2.05) is 36.4 Å². The van der Waals surface area contributed by atoms with Crippen molar-refractivity contribution in [2.45, 2.75) is 25.4 Å². The molecule has 7 heteroatoms. The maximum atomic E-state index is 12.6. The fraction of sp³-hybridized carbons (Fsp3) is 0.286. The van der Waals surface area contributed by atoms with Crippen LogP contribution in [0.4, 0.5) is 5.95 Å². The second-order valence-corrected chi connectivity index (χ2v) is 7.24. The van der Waals surface area contributed by atoms with Crippen LogP contribution >= 0.6 is 11.6 Å². The van der Waals surface area contributed by atoms with E-state index in [1.165, 1.54) is 0 Å². The van der Waals surface area contributed by atoms with Gasteiger partial charge >= 0.3 is 0 Å². The van der Waals surface area contributed by atoms with Crippen LogP contribution in [0, 0.1) is 0 Å². The molecule has 0 saturated carbocycles. The third-order valence-corrected chi connectivity index (χ3v) is 4.98. The summed E-state index contributed by atoms with van der Waals surface area (Å²) in [6, 6.07) is 13.1. The molecule has 1 fully saturated rings. The lowest BCUT2D eigenvalue weighted by molar-refractivity contribution is 0.0903. The maximum Gasteiger partial charge on any atom is 0.251 e. The monoisotopic (exact) mass is 396 g/mol. The molecule has 4 rings (SSSR count). The van der Waals surface area contributed by atoms with E-state index >= 15 is 0 Å². The van der Waals surface area contributed by atoms with Gasteiger partial charge in [-0.05, 0) is 42.7 Å². The fourth-order valence-electron chi connectivity index (χ4n) is 3.24. The van der Waals surface area contributed by atoms with Gasteiger partial charge in [0.05, 0.1) is 12.2 Å². The van der Waals surface area contributed by atoms with Gasteiger partial charge in [0.15, 0.2) is 0 Å². The number of aromatic nitrogens is 3. The van der Waals surface area contributed by atoms with Crippen molar-refractivity contribution in [3.63, 3.8) is 0 Å². The van der Waals surface area contributed by atoms with Crippen LogP contribution in [0.15, 0.2) is 59.7 Å². The number of halogens is 1. The van der Waals surface area contributed by atoms with Gasteiger partial charge in [-0.25, -0.2) is 9.97 Å². The number of pyridine rings is 1. The molecule has 1 N–H and O–H groups in total. The number of rotatable bonds is 5. The lowest BCUT2D eigenvalue weighted by atomic mass is 10.1. The lowest BCUT2D eigenvalue weighted by Crippen LogP contribution is -2.28. The van der Waals surface area contributed by atoms with Gasteiger partial charge in [0.25, 0.3) is 5.56 Å². The maximum absolute atomic E-state index is 12.6. The van der Waals surface area contributed by atoms with Crippen LogP contribution in [0.5, 0.6) is 0 Å². The average molecular weight is 397 g/mol. The Morgan fingerprint density at radius 3 is 2.82 bits per heavy atom. The number of hydrogen-bond acceptors (Lipinski definition) is 5. The van der Waals surface area contributed by atoms with Crippen LogP contribution in [-0.4, -0.2) is 33.8 Å². The molecule has 1 aromatic carbocycles. The highest BCUT2D eigenvalue weighted by Crippen LogP contribution is 2.18. The van der Waals surface area contributed by atoms with Crippen molar-refractivity contribution in [3.8, 4) is 11.3 Å². The molecular formula is C21H21ClN4O2. The van der Waals surface area contributed by atoms with Gasteiger partial charge < -0.3 is 14.6 Å².